The number of aliphatic hydroxyl groups is 1. The molecule has 1 aliphatic rings. The van der Waals surface area contributed by atoms with Gasteiger partial charge in [-0.05, 0) is 56.9 Å². The lowest BCUT2D eigenvalue weighted by atomic mass is 9.72. The lowest BCUT2D eigenvalue weighted by Crippen LogP contribution is -2.33. The predicted octanol–water partition coefficient (Wildman–Crippen LogP) is 3.94. The molecule has 1 amide bonds. The van der Waals surface area contributed by atoms with Gasteiger partial charge in [0.2, 0.25) is 0 Å². The minimum atomic E-state index is -1.62. The zero-order valence-corrected chi connectivity index (χ0v) is 17.6. The van der Waals surface area contributed by atoms with E-state index in [4.69, 9.17) is 0 Å². The Labute approximate surface area is 187 Å². The van der Waals surface area contributed by atoms with Gasteiger partial charge < -0.3 is 10.4 Å². The summed E-state index contributed by atoms with van der Waals surface area (Å²) in [5.74, 6) is -4.90. The predicted molar refractivity (Wildman–Crippen MR) is 112 cm³/mol. The molecule has 0 bridgehead atoms. The molecule has 2 aromatic heterocycles. The Bertz CT molecular complexity index is 1240. The Kier molecular flexibility index (Phi) is 5.91. The number of nitrogens with one attached hydrogen (secondary N) is 1. The Morgan fingerprint density at radius 1 is 1.18 bits per heavy atom. The van der Waals surface area contributed by atoms with Crippen LogP contribution in [-0.4, -0.2) is 31.9 Å². The van der Waals surface area contributed by atoms with Gasteiger partial charge in [-0.25, -0.2) is 17.9 Å². The maximum absolute atomic E-state index is 14.1. The number of rotatable bonds is 4. The number of benzene rings is 1. The number of hydrogen-bond donors (Lipinski definition) is 2. The van der Waals surface area contributed by atoms with Gasteiger partial charge in [0.15, 0.2) is 17.5 Å². The second-order valence-corrected chi connectivity index (χ2v) is 8.06. The minimum absolute atomic E-state index is 0.109. The number of anilines is 1. The molecule has 0 spiro atoms. The fraction of sp³-hybridized carbons (Fsp3) is 0.304. The maximum atomic E-state index is 14.1. The van der Waals surface area contributed by atoms with Crippen molar-refractivity contribution in [2.75, 3.05) is 5.32 Å². The first-order valence-electron chi connectivity index (χ1n) is 10.3. The summed E-state index contributed by atoms with van der Waals surface area (Å²) in [6.45, 7) is 1.50. The molecule has 4 rings (SSSR count). The number of aliphatic hydroxyl groups excluding tert-OH is 1. The van der Waals surface area contributed by atoms with Crippen LogP contribution in [0.5, 0.6) is 0 Å². The van der Waals surface area contributed by atoms with Crippen molar-refractivity contribution in [3.63, 3.8) is 0 Å². The van der Waals surface area contributed by atoms with Crippen molar-refractivity contribution >= 4 is 11.6 Å². The number of nitrogens with zero attached hydrogens (tertiary/aromatic N) is 4. The quantitative estimate of drug-likeness (QED) is 0.580. The van der Waals surface area contributed by atoms with E-state index in [-0.39, 0.29) is 16.9 Å². The zero-order valence-electron chi connectivity index (χ0n) is 17.6. The van der Waals surface area contributed by atoms with Crippen LogP contribution in [-0.2, 0) is 5.41 Å². The molecule has 1 aliphatic carbocycles. The summed E-state index contributed by atoms with van der Waals surface area (Å²) in [5.41, 5.74) is 0.195. The Hall–Kier alpha value is -3.71. The van der Waals surface area contributed by atoms with Crippen LogP contribution < -0.4 is 5.32 Å². The van der Waals surface area contributed by atoms with Crippen LogP contribution in [0.2, 0.25) is 0 Å². The van der Waals surface area contributed by atoms with Crippen molar-refractivity contribution in [1.82, 2.24) is 14.8 Å². The summed E-state index contributed by atoms with van der Waals surface area (Å²) in [4.78, 5) is 17.1. The highest BCUT2D eigenvalue weighted by atomic mass is 19.2. The molecule has 0 atom stereocenters. The third-order valence-electron chi connectivity index (χ3n) is 6.03. The van der Waals surface area contributed by atoms with Crippen LogP contribution in [0, 0.1) is 35.7 Å². The number of hydrogen-bond acceptors (Lipinski definition) is 5. The van der Waals surface area contributed by atoms with Gasteiger partial charge in [-0.15, -0.1) is 0 Å². The van der Waals surface area contributed by atoms with E-state index in [1.54, 1.807) is 12.1 Å². The van der Waals surface area contributed by atoms with E-state index in [0.717, 1.165) is 16.8 Å². The van der Waals surface area contributed by atoms with Crippen molar-refractivity contribution < 1.29 is 23.1 Å². The molecule has 0 saturated heterocycles. The first-order chi connectivity index (χ1) is 15.8. The number of nitriles is 1. The fourth-order valence-electron chi connectivity index (χ4n) is 4.02. The summed E-state index contributed by atoms with van der Waals surface area (Å²) < 4.78 is 42.0. The monoisotopic (exact) mass is 455 g/mol. The van der Waals surface area contributed by atoms with Gasteiger partial charge in [-0.3, -0.25) is 9.78 Å². The zero-order chi connectivity index (χ0) is 23.8. The molecule has 3 aromatic rings. The number of amides is 1. The van der Waals surface area contributed by atoms with Crippen LogP contribution in [0.1, 0.15) is 47.4 Å². The van der Waals surface area contributed by atoms with Gasteiger partial charge >= 0.3 is 0 Å². The van der Waals surface area contributed by atoms with Crippen LogP contribution in [0.4, 0.5) is 18.9 Å². The molecule has 33 heavy (non-hydrogen) atoms. The molecular weight excluding hydrogens is 435 g/mol. The largest absolute Gasteiger partial charge is 0.393 e. The van der Waals surface area contributed by atoms with Crippen LogP contribution in [0.3, 0.4) is 0 Å². The maximum Gasteiger partial charge on any atom is 0.259 e. The van der Waals surface area contributed by atoms with Gasteiger partial charge in [0.05, 0.1) is 52.6 Å². The number of pyridine rings is 1. The molecule has 2 heterocycles. The topological polar surface area (TPSA) is 104 Å². The van der Waals surface area contributed by atoms with E-state index < -0.39 is 34.9 Å². The highest BCUT2D eigenvalue weighted by Gasteiger charge is 2.38. The minimum Gasteiger partial charge on any atom is -0.393 e. The van der Waals surface area contributed by atoms with Crippen molar-refractivity contribution in [2.45, 2.75) is 44.1 Å². The summed E-state index contributed by atoms with van der Waals surface area (Å²) in [6, 6.07) is 7.44. The van der Waals surface area contributed by atoms with Crippen molar-refractivity contribution in [3.8, 4) is 11.8 Å². The van der Waals surface area contributed by atoms with E-state index in [0.29, 0.717) is 37.1 Å². The van der Waals surface area contributed by atoms with E-state index in [1.807, 2.05) is 0 Å². The smallest absolute Gasteiger partial charge is 0.259 e. The van der Waals surface area contributed by atoms with Crippen molar-refractivity contribution in [2.24, 2.45) is 0 Å². The van der Waals surface area contributed by atoms with Gasteiger partial charge in [0, 0.05) is 0 Å². The molecule has 0 unspecified atom stereocenters. The normalized spacial score (nSPS) is 20.3. The summed E-state index contributed by atoms with van der Waals surface area (Å²) in [6.07, 6.45) is 4.28. The molecule has 0 aliphatic heterocycles. The molecule has 0 radical (unpaired) electrons. The standard InChI is InChI=1S/C23H20F3N5O2/c1-13-16(11-29-31(13)18-4-3-17(24)20(25)21(18)26)22(33)30-14-2-5-19(28-10-14)23(12-27)8-6-15(32)7-9-23/h2-5,10-11,15,32H,6-9H2,1H3,(H,30,33). The molecule has 1 aromatic carbocycles. The summed E-state index contributed by atoms with van der Waals surface area (Å²) >= 11 is 0. The van der Waals surface area contributed by atoms with E-state index in [9.17, 15) is 28.3 Å². The Morgan fingerprint density at radius 3 is 2.55 bits per heavy atom. The second-order valence-electron chi connectivity index (χ2n) is 8.06. The summed E-state index contributed by atoms with van der Waals surface area (Å²) in [7, 11) is 0. The SMILES string of the molecule is Cc1c(C(=O)Nc2ccc(C3(C#N)CCC(O)CC3)nc2)cnn1-c1ccc(F)c(F)c1F. The molecule has 170 valence electrons. The first kappa shape index (κ1) is 22.5. The highest BCUT2D eigenvalue weighted by molar-refractivity contribution is 6.04. The van der Waals surface area contributed by atoms with Gasteiger partial charge in [0.25, 0.3) is 5.91 Å². The molecular formula is C23H20F3N5O2. The van der Waals surface area contributed by atoms with Crippen molar-refractivity contribution in [3.05, 3.63) is 71.1 Å². The van der Waals surface area contributed by atoms with E-state index >= 15 is 0 Å². The molecule has 2 N–H and O–H groups in total. The molecule has 10 heteroatoms. The third kappa shape index (κ3) is 4.07. The number of aromatic nitrogens is 3. The number of carbonyl (C=O) groups excluding carboxylic acids is 1. The Morgan fingerprint density at radius 2 is 1.91 bits per heavy atom. The van der Waals surface area contributed by atoms with Crippen LogP contribution >= 0.6 is 0 Å². The fourth-order valence-corrected chi connectivity index (χ4v) is 4.02. The van der Waals surface area contributed by atoms with Crippen LogP contribution in [0.25, 0.3) is 5.69 Å². The van der Waals surface area contributed by atoms with E-state index in [1.165, 1.54) is 19.3 Å². The van der Waals surface area contributed by atoms with Crippen LogP contribution in [0.15, 0.2) is 36.7 Å². The molecule has 7 nitrogen and oxygen atoms in total. The number of halogens is 3. The lowest BCUT2D eigenvalue weighted by molar-refractivity contribution is 0.102. The van der Waals surface area contributed by atoms with Gasteiger partial charge in [-0.2, -0.15) is 10.4 Å². The van der Waals surface area contributed by atoms with Crippen molar-refractivity contribution in [1.29, 1.82) is 5.26 Å². The average molecular weight is 455 g/mol. The summed E-state index contributed by atoms with van der Waals surface area (Å²) in [5, 5.41) is 26.0. The second kappa shape index (κ2) is 8.67. The average Bonchev–Trinajstić information content (AvgIpc) is 3.20. The highest BCUT2D eigenvalue weighted by Crippen LogP contribution is 2.38. The molecule has 1 fully saturated rings. The molecule has 1 saturated carbocycles. The van der Waals surface area contributed by atoms with Gasteiger partial charge in [0.1, 0.15) is 5.69 Å². The Balaban J connectivity index is 1.53. The lowest BCUT2D eigenvalue weighted by Gasteiger charge is -2.32. The first-order valence-corrected chi connectivity index (χ1v) is 10.3. The van der Waals surface area contributed by atoms with Gasteiger partial charge in [-0.1, -0.05) is 0 Å². The third-order valence-corrected chi connectivity index (χ3v) is 6.03. The number of carbonyl (C=O) groups is 1. The van der Waals surface area contributed by atoms with E-state index in [2.05, 4.69) is 21.5 Å².